The summed E-state index contributed by atoms with van der Waals surface area (Å²) in [6.07, 6.45) is 2.49. The molecule has 0 saturated carbocycles. The van der Waals surface area contributed by atoms with Gasteiger partial charge in [-0.1, -0.05) is 30.3 Å². The van der Waals surface area contributed by atoms with Gasteiger partial charge >= 0.3 is 0 Å². The van der Waals surface area contributed by atoms with Crippen LogP contribution in [0.25, 0.3) is 0 Å². The molecule has 2 rings (SSSR count). The number of rotatable bonds is 4. The number of carbonyl (C=O) groups excluding carboxylic acids is 2. The van der Waals surface area contributed by atoms with Crippen molar-refractivity contribution in [1.82, 2.24) is 4.90 Å². The molecule has 4 nitrogen and oxygen atoms in total. The van der Waals surface area contributed by atoms with Crippen LogP contribution >= 0.6 is 0 Å². The molecule has 1 unspecified atom stereocenters. The smallest absolute Gasteiger partial charge is 0.223 e. The van der Waals surface area contributed by atoms with Crippen molar-refractivity contribution in [1.29, 1.82) is 0 Å². The van der Waals surface area contributed by atoms with Crippen LogP contribution in [0.4, 0.5) is 0 Å². The van der Waals surface area contributed by atoms with Gasteiger partial charge in [-0.2, -0.15) is 0 Å². The van der Waals surface area contributed by atoms with E-state index in [-0.39, 0.29) is 30.6 Å². The van der Waals surface area contributed by atoms with E-state index in [1.165, 1.54) is 0 Å². The van der Waals surface area contributed by atoms with Crippen LogP contribution in [-0.2, 0) is 4.79 Å². The first-order chi connectivity index (χ1) is 9.16. The van der Waals surface area contributed by atoms with Gasteiger partial charge in [0.2, 0.25) is 5.91 Å². The first kappa shape index (κ1) is 13.7. The summed E-state index contributed by atoms with van der Waals surface area (Å²) < 4.78 is 0. The van der Waals surface area contributed by atoms with Gasteiger partial charge in [0.1, 0.15) is 0 Å². The molecule has 0 aromatic heterocycles. The third-order valence-electron chi connectivity index (χ3n) is 3.47. The Hall–Kier alpha value is -1.68. The Morgan fingerprint density at radius 3 is 2.63 bits per heavy atom. The number of benzene rings is 1. The van der Waals surface area contributed by atoms with Crippen LogP contribution in [0.15, 0.2) is 30.3 Å². The topological polar surface area (TPSA) is 63.4 Å². The van der Waals surface area contributed by atoms with Crippen molar-refractivity contribution < 1.29 is 9.59 Å². The number of likely N-dealkylation sites (tertiary alicyclic amines) is 1. The molecule has 1 aliphatic rings. The fourth-order valence-corrected chi connectivity index (χ4v) is 2.38. The normalized spacial score (nSPS) is 19.2. The molecule has 1 amide bonds. The maximum atomic E-state index is 12.0. The molecule has 1 aromatic carbocycles. The lowest BCUT2D eigenvalue weighted by molar-refractivity contribution is -0.132. The number of amides is 1. The van der Waals surface area contributed by atoms with Gasteiger partial charge in [0.25, 0.3) is 0 Å². The van der Waals surface area contributed by atoms with Crippen LogP contribution < -0.4 is 5.73 Å². The van der Waals surface area contributed by atoms with Crippen LogP contribution in [0.3, 0.4) is 0 Å². The third kappa shape index (κ3) is 3.89. The average Bonchev–Trinajstić information content (AvgIpc) is 2.45. The summed E-state index contributed by atoms with van der Waals surface area (Å²) in [5.74, 6) is 0.0645. The van der Waals surface area contributed by atoms with E-state index in [1.807, 2.05) is 18.2 Å². The van der Waals surface area contributed by atoms with Gasteiger partial charge in [-0.3, -0.25) is 9.59 Å². The van der Waals surface area contributed by atoms with Crippen LogP contribution in [-0.4, -0.2) is 35.7 Å². The average molecular weight is 260 g/mol. The summed E-state index contributed by atoms with van der Waals surface area (Å²) in [6, 6.07) is 9.18. The van der Waals surface area contributed by atoms with E-state index in [0.717, 1.165) is 19.4 Å². The van der Waals surface area contributed by atoms with E-state index >= 15 is 0 Å². The summed E-state index contributed by atoms with van der Waals surface area (Å²) in [5.41, 5.74) is 6.52. The molecule has 1 atom stereocenters. The van der Waals surface area contributed by atoms with E-state index in [2.05, 4.69) is 0 Å². The van der Waals surface area contributed by atoms with Crippen molar-refractivity contribution in [2.24, 2.45) is 5.73 Å². The zero-order chi connectivity index (χ0) is 13.7. The number of nitrogens with zero attached hydrogens (tertiary/aromatic N) is 1. The lowest BCUT2D eigenvalue weighted by Gasteiger charge is -2.30. The number of ketones is 1. The summed E-state index contributed by atoms with van der Waals surface area (Å²) in [6.45, 7) is 1.39. The highest BCUT2D eigenvalue weighted by Crippen LogP contribution is 2.12. The highest BCUT2D eigenvalue weighted by molar-refractivity contribution is 5.97. The quantitative estimate of drug-likeness (QED) is 0.836. The van der Waals surface area contributed by atoms with Gasteiger partial charge in [0.05, 0.1) is 0 Å². The molecule has 19 heavy (non-hydrogen) atoms. The number of hydrogen-bond donors (Lipinski definition) is 1. The lowest BCUT2D eigenvalue weighted by atomic mass is 10.0. The first-order valence-electron chi connectivity index (χ1n) is 6.78. The van der Waals surface area contributed by atoms with Gasteiger partial charge < -0.3 is 10.6 Å². The second-order valence-electron chi connectivity index (χ2n) is 5.03. The van der Waals surface area contributed by atoms with Crippen molar-refractivity contribution in [3.63, 3.8) is 0 Å². The van der Waals surface area contributed by atoms with E-state index in [0.29, 0.717) is 12.1 Å². The van der Waals surface area contributed by atoms with Crippen LogP contribution in [0.5, 0.6) is 0 Å². The molecule has 0 aliphatic carbocycles. The molecule has 1 fully saturated rings. The molecule has 102 valence electrons. The van der Waals surface area contributed by atoms with Crippen molar-refractivity contribution in [3.8, 4) is 0 Å². The SMILES string of the molecule is NC1CCCN(C(=O)CCC(=O)c2ccccc2)C1. The second kappa shape index (κ2) is 6.48. The van der Waals surface area contributed by atoms with Crippen LogP contribution in [0, 0.1) is 0 Å². The van der Waals surface area contributed by atoms with E-state index < -0.39 is 0 Å². The Morgan fingerprint density at radius 1 is 1.21 bits per heavy atom. The van der Waals surface area contributed by atoms with Crippen molar-refractivity contribution in [3.05, 3.63) is 35.9 Å². The summed E-state index contributed by atoms with van der Waals surface area (Å²) in [5, 5.41) is 0. The van der Waals surface area contributed by atoms with Gasteiger partial charge in [-0.25, -0.2) is 0 Å². The molecular weight excluding hydrogens is 240 g/mol. The minimum atomic E-state index is 0.0234. The van der Waals surface area contributed by atoms with Crippen molar-refractivity contribution in [2.75, 3.05) is 13.1 Å². The zero-order valence-electron chi connectivity index (χ0n) is 11.0. The first-order valence-corrected chi connectivity index (χ1v) is 6.78. The Labute approximate surface area is 113 Å². The number of Topliss-reactive ketones (excluding diaryl/α,β-unsaturated/α-hetero) is 1. The molecule has 1 aliphatic heterocycles. The highest BCUT2D eigenvalue weighted by atomic mass is 16.2. The molecular formula is C15H20N2O2. The molecule has 1 heterocycles. The summed E-state index contributed by atoms with van der Waals surface area (Å²) >= 11 is 0. The number of hydrogen-bond acceptors (Lipinski definition) is 3. The Kier molecular flexibility index (Phi) is 4.68. The van der Waals surface area contributed by atoms with E-state index in [9.17, 15) is 9.59 Å². The lowest BCUT2D eigenvalue weighted by Crippen LogP contribution is -2.45. The molecule has 0 bridgehead atoms. The highest BCUT2D eigenvalue weighted by Gasteiger charge is 2.21. The van der Waals surface area contributed by atoms with Crippen molar-refractivity contribution in [2.45, 2.75) is 31.7 Å². The van der Waals surface area contributed by atoms with Gasteiger partial charge in [0, 0.05) is 37.5 Å². The second-order valence-corrected chi connectivity index (χ2v) is 5.03. The molecule has 1 aromatic rings. The van der Waals surface area contributed by atoms with E-state index in [4.69, 9.17) is 5.73 Å². The standard InChI is InChI=1S/C15H20N2O2/c16-13-7-4-10-17(11-13)15(19)9-8-14(18)12-5-2-1-3-6-12/h1-3,5-6,13H,4,7-11,16H2. The molecule has 0 radical (unpaired) electrons. The Balaban J connectivity index is 1.82. The Morgan fingerprint density at radius 2 is 1.95 bits per heavy atom. The summed E-state index contributed by atoms with van der Waals surface area (Å²) in [7, 11) is 0. The van der Waals surface area contributed by atoms with Crippen molar-refractivity contribution >= 4 is 11.7 Å². The minimum Gasteiger partial charge on any atom is -0.341 e. The van der Waals surface area contributed by atoms with Gasteiger partial charge in [-0.05, 0) is 12.8 Å². The monoisotopic (exact) mass is 260 g/mol. The van der Waals surface area contributed by atoms with Gasteiger partial charge in [-0.15, -0.1) is 0 Å². The van der Waals surface area contributed by atoms with Gasteiger partial charge in [0.15, 0.2) is 5.78 Å². The predicted octanol–water partition coefficient (Wildman–Crippen LogP) is 1.60. The summed E-state index contributed by atoms with van der Waals surface area (Å²) in [4.78, 5) is 25.7. The molecule has 4 heteroatoms. The molecule has 0 spiro atoms. The number of nitrogens with two attached hydrogens (primary N) is 1. The zero-order valence-corrected chi connectivity index (χ0v) is 11.0. The maximum Gasteiger partial charge on any atom is 0.223 e. The predicted molar refractivity (Wildman–Crippen MR) is 73.8 cm³/mol. The largest absolute Gasteiger partial charge is 0.341 e. The third-order valence-corrected chi connectivity index (χ3v) is 3.47. The fourth-order valence-electron chi connectivity index (χ4n) is 2.38. The maximum absolute atomic E-state index is 12.0. The number of carbonyl (C=O) groups is 2. The molecule has 1 saturated heterocycles. The minimum absolute atomic E-state index is 0.0234. The number of piperidine rings is 1. The van der Waals surface area contributed by atoms with Crippen LogP contribution in [0.1, 0.15) is 36.0 Å². The van der Waals surface area contributed by atoms with Crippen LogP contribution in [0.2, 0.25) is 0 Å². The van der Waals surface area contributed by atoms with E-state index in [1.54, 1.807) is 17.0 Å². The Bertz CT molecular complexity index is 445. The molecule has 2 N–H and O–H groups in total. The fraction of sp³-hybridized carbons (Fsp3) is 0.467.